The van der Waals surface area contributed by atoms with Gasteiger partial charge in [0.05, 0.1) is 18.6 Å². The maximum atomic E-state index is 11.1. The third-order valence-corrected chi connectivity index (χ3v) is 1.91. The van der Waals surface area contributed by atoms with E-state index in [2.05, 4.69) is 20.6 Å². The fraction of sp³-hybridized carbons (Fsp3) is 0.500. The zero-order valence-corrected chi connectivity index (χ0v) is 7.21. The number of nitrogens with one attached hydrogen (secondary N) is 3. The Morgan fingerprint density at radius 1 is 1.69 bits per heavy atom. The molecule has 0 bridgehead atoms. The van der Waals surface area contributed by atoms with Gasteiger partial charge in [0.25, 0.3) is 0 Å². The van der Waals surface area contributed by atoms with Crippen molar-refractivity contribution >= 4 is 6.03 Å². The lowest BCUT2D eigenvalue weighted by atomic mass is 10.5. The second kappa shape index (κ2) is 3.47. The van der Waals surface area contributed by atoms with Crippen molar-refractivity contribution in [3.63, 3.8) is 0 Å². The van der Waals surface area contributed by atoms with Gasteiger partial charge in [-0.15, -0.1) is 0 Å². The van der Waals surface area contributed by atoms with Crippen molar-refractivity contribution < 1.29 is 4.79 Å². The number of H-pyrrole nitrogens is 1. The second-order valence-electron chi connectivity index (χ2n) is 3.18. The first-order valence-electron chi connectivity index (χ1n) is 4.36. The molecule has 0 atom stereocenters. The van der Waals surface area contributed by atoms with Gasteiger partial charge in [-0.3, -0.25) is 0 Å². The summed E-state index contributed by atoms with van der Waals surface area (Å²) in [5, 5.41) is 5.57. The number of carbonyl (C=O) groups excluding carboxylic acids is 1. The standard InChI is InChI=1S/C8H12N4O/c13-8(12-6-1-2-6)10-4-7-3-9-5-11-7/h3,5-6H,1-2,4H2,(H,9,11)(H2,10,12,13). The number of hydrogen-bond acceptors (Lipinski definition) is 2. The Hall–Kier alpha value is -1.52. The van der Waals surface area contributed by atoms with Crippen molar-refractivity contribution in [1.82, 2.24) is 20.6 Å². The van der Waals surface area contributed by atoms with Crippen LogP contribution in [0.4, 0.5) is 4.79 Å². The second-order valence-corrected chi connectivity index (χ2v) is 3.18. The van der Waals surface area contributed by atoms with E-state index in [1.54, 1.807) is 12.5 Å². The molecule has 13 heavy (non-hydrogen) atoms. The summed E-state index contributed by atoms with van der Waals surface area (Å²) < 4.78 is 0. The molecule has 0 aliphatic heterocycles. The first-order chi connectivity index (χ1) is 6.34. The molecule has 0 radical (unpaired) electrons. The van der Waals surface area contributed by atoms with Gasteiger partial charge >= 0.3 is 6.03 Å². The van der Waals surface area contributed by atoms with Gasteiger partial charge in [0.15, 0.2) is 0 Å². The van der Waals surface area contributed by atoms with E-state index < -0.39 is 0 Å². The summed E-state index contributed by atoms with van der Waals surface area (Å²) in [6.07, 6.45) is 5.50. The Bertz CT molecular complexity index is 278. The molecule has 70 valence electrons. The number of amides is 2. The summed E-state index contributed by atoms with van der Waals surface area (Å²) in [4.78, 5) is 17.9. The van der Waals surface area contributed by atoms with Crippen molar-refractivity contribution in [3.05, 3.63) is 18.2 Å². The highest BCUT2D eigenvalue weighted by Crippen LogP contribution is 2.18. The van der Waals surface area contributed by atoms with Gasteiger partial charge < -0.3 is 15.6 Å². The number of hydrogen-bond donors (Lipinski definition) is 3. The highest BCUT2D eigenvalue weighted by atomic mass is 16.2. The highest BCUT2D eigenvalue weighted by Gasteiger charge is 2.22. The lowest BCUT2D eigenvalue weighted by Gasteiger charge is -2.04. The molecule has 5 heteroatoms. The van der Waals surface area contributed by atoms with Gasteiger partial charge in [-0.2, -0.15) is 0 Å². The van der Waals surface area contributed by atoms with Gasteiger partial charge in [-0.1, -0.05) is 0 Å². The SMILES string of the molecule is O=C(NCc1cnc[nH]1)NC1CC1. The van der Waals surface area contributed by atoms with E-state index in [1.807, 2.05) is 0 Å². The largest absolute Gasteiger partial charge is 0.347 e. The molecular formula is C8H12N4O. The van der Waals surface area contributed by atoms with Crippen molar-refractivity contribution in [2.75, 3.05) is 0 Å². The smallest absolute Gasteiger partial charge is 0.315 e. The molecule has 1 heterocycles. The maximum Gasteiger partial charge on any atom is 0.315 e. The topological polar surface area (TPSA) is 69.8 Å². The van der Waals surface area contributed by atoms with Gasteiger partial charge in [-0.25, -0.2) is 9.78 Å². The minimum Gasteiger partial charge on any atom is -0.347 e. The van der Waals surface area contributed by atoms with Crippen LogP contribution in [0.1, 0.15) is 18.5 Å². The van der Waals surface area contributed by atoms with E-state index in [-0.39, 0.29) is 6.03 Å². The van der Waals surface area contributed by atoms with Crippen LogP contribution in [0.25, 0.3) is 0 Å². The Morgan fingerprint density at radius 2 is 2.54 bits per heavy atom. The van der Waals surface area contributed by atoms with E-state index in [0.29, 0.717) is 12.6 Å². The lowest BCUT2D eigenvalue weighted by molar-refractivity contribution is 0.240. The normalized spacial score (nSPS) is 15.4. The fourth-order valence-electron chi connectivity index (χ4n) is 1.02. The van der Waals surface area contributed by atoms with E-state index in [0.717, 1.165) is 18.5 Å². The number of aromatic amines is 1. The molecule has 1 saturated carbocycles. The number of carbonyl (C=O) groups is 1. The zero-order valence-electron chi connectivity index (χ0n) is 7.21. The Kier molecular flexibility index (Phi) is 2.16. The first kappa shape index (κ1) is 8.10. The van der Waals surface area contributed by atoms with Crippen molar-refractivity contribution in [2.24, 2.45) is 0 Å². The average molecular weight is 180 g/mol. The maximum absolute atomic E-state index is 11.1. The average Bonchev–Trinajstić information content (AvgIpc) is 2.78. The summed E-state index contributed by atoms with van der Waals surface area (Å²) in [5.41, 5.74) is 0.908. The van der Waals surface area contributed by atoms with Crippen LogP contribution in [0, 0.1) is 0 Å². The van der Waals surface area contributed by atoms with Gasteiger partial charge in [0.2, 0.25) is 0 Å². The van der Waals surface area contributed by atoms with Crippen LogP contribution >= 0.6 is 0 Å². The quantitative estimate of drug-likeness (QED) is 0.629. The first-order valence-corrected chi connectivity index (χ1v) is 4.36. The summed E-state index contributed by atoms with van der Waals surface area (Å²) in [6, 6.07) is 0.305. The summed E-state index contributed by atoms with van der Waals surface area (Å²) >= 11 is 0. The molecule has 0 aromatic carbocycles. The summed E-state index contributed by atoms with van der Waals surface area (Å²) in [5.74, 6) is 0. The monoisotopic (exact) mass is 180 g/mol. The van der Waals surface area contributed by atoms with E-state index in [9.17, 15) is 4.79 Å². The molecule has 2 rings (SSSR count). The summed E-state index contributed by atoms with van der Waals surface area (Å²) in [6.45, 7) is 0.499. The third-order valence-electron chi connectivity index (χ3n) is 1.91. The molecule has 1 fully saturated rings. The van der Waals surface area contributed by atoms with Crippen LogP contribution in [0.3, 0.4) is 0 Å². The molecule has 5 nitrogen and oxygen atoms in total. The van der Waals surface area contributed by atoms with E-state index in [1.165, 1.54) is 0 Å². The molecule has 1 aromatic heterocycles. The fourth-order valence-corrected chi connectivity index (χ4v) is 1.02. The van der Waals surface area contributed by atoms with Gasteiger partial charge in [0, 0.05) is 12.2 Å². The Morgan fingerprint density at radius 3 is 3.15 bits per heavy atom. The number of rotatable bonds is 3. The molecular weight excluding hydrogens is 168 g/mol. The minimum absolute atomic E-state index is 0.0999. The molecule has 0 spiro atoms. The molecule has 2 amide bonds. The number of imidazole rings is 1. The van der Waals surface area contributed by atoms with Crippen molar-refractivity contribution in [2.45, 2.75) is 25.4 Å². The number of urea groups is 1. The molecule has 1 aromatic rings. The van der Waals surface area contributed by atoms with Crippen LogP contribution in [0.5, 0.6) is 0 Å². The van der Waals surface area contributed by atoms with Gasteiger partial charge in [0.1, 0.15) is 0 Å². The zero-order chi connectivity index (χ0) is 9.10. The number of nitrogens with zero attached hydrogens (tertiary/aromatic N) is 1. The van der Waals surface area contributed by atoms with E-state index in [4.69, 9.17) is 0 Å². The van der Waals surface area contributed by atoms with Crippen molar-refractivity contribution in [1.29, 1.82) is 0 Å². The minimum atomic E-state index is -0.0999. The van der Waals surface area contributed by atoms with Crippen LogP contribution in [0.2, 0.25) is 0 Å². The molecule has 1 aliphatic rings. The van der Waals surface area contributed by atoms with Crippen LogP contribution < -0.4 is 10.6 Å². The Labute approximate surface area is 75.9 Å². The Balaban J connectivity index is 1.69. The predicted molar refractivity (Wildman–Crippen MR) is 47.0 cm³/mol. The van der Waals surface area contributed by atoms with Crippen LogP contribution in [-0.4, -0.2) is 22.0 Å². The lowest BCUT2D eigenvalue weighted by Crippen LogP contribution is -2.36. The molecule has 3 N–H and O–H groups in total. The van der Waals surface area contributed by atoms with E-state index >= 15 is 0 Å². The predicted octanol–water partition coefficient (Wildman–Crippen LogP) is 0.371. The van der Waals surface area contributed by atoms with Gasteiger partial charge in [-0.05, 0) is 12.8 Å². The van der Waals surface area contributed by atoms with Crippen molar-refractivity contribution in [3.8, 4) is 0 Å². The van der Waals surface area contributed by atoms with Crippen LogP contribution in [-0.2, 0) is 6.54 Å². The summed E-state index contributed by atoms with van der Waals surface area (Å²) in [7, 11) is 0. The van der Waals surface area contributed by atoms with Crippen LogP contribution in [0.15, 0.2) is 12.5 Å². The number of aromatic nitrogens is 2. The molecule has 0 saturated heterocycles. The molecule has 1 aliphatic carbocycles. The molecule has 0 unspecified atom stereocenters. The third kappa shape index (κ3) is 2.47. The highest BCUT2D eigenvalue weighted by molar-refractivity contribution is 5.74.